The van der Waals surface area contributed by atoms with Crippen molar-refractivity contribution in [1.82, 2.24) is 9.88 Å². The molecule has 0 atom stereocenters. The molecule has 0 saturated heterocycles. The van der Waals surface area contributed by atoms with Crippen LogP contribution in [0.15, 0.2) is 71.1 Å². The topological polar surface area (TPSA) is 55.6 Å². The largest absolute Gasteiger partial charge is 0.493 e. The Labute approximate surface area is 224 Å². The summed E-state index contributed by atoms with van der Waals surface area (Å²) in [4.78, 5) is 18.9. The van der Waals surface area contributed by atoms with Crippen molar-refractivity contribution in [3.8, 4) is 28.3 Å². The van der Waals surface area contributed by atoms with Crippen LogP contribution in [0.5, 0.6) is 5.75 Å². The minimum atomic E-state index is -4.57. The van der Waals surface area contributed by atoms with E-state index < -0.39 is 17.6 Å². The number of halogens is 4. The summed E-state index contributed by atoms with van der Waals surface area (Å²) >= 11 is 0. The number of aryl methyl sites for hydroxylation is 2. The van der Waals surface area contributed by atoms with Gasteiger partial charge in [-0.1, -0.05) is 24.3 Å². The predicted molar refractivity (Wildman–Crippen MR) is 139 cm³/mol. The summed E-state index contributed by atoms with van der Waals surface area (Å²) < 4.78 is 66.2. The molecule has 1 amide bonds. The molecule has 4 aromatic rings. The van der Waals surface area contributed by atoms with Gasteiger partial charge in [0.05, 0.1) is 24.4 Å². The van der Waals surface area contributed by atoms with Crippen molar-refractivity contribution in [2.75, 3.05) is 13.7 Å². The lowest BCUT2D eigenvalue weighted by atomic mass is 9.93. The number of carbonyl (C=O) groups is 1. The summed E-state index contributed by atoms with van der Waals surface area (Å²) in [6, 6.07) is 16.5. The molecule has 39 heavy (non-hydrogen) atoms. The molecule has 0 aliphatic rings. The van der Waals surface area contributed by atoms with Crippen molar-refractivity contribution in [1.29, 1.82) is 0 Å². The molecule has 5 nitrogen and oxygen atoms in total. The second-order valence-electron chi connectivity index (χ2n) is 9.09. The fourth-order valence-electron chi connectivity index (χ4n) is 4.25. The van der Waals surface area contributed by atoms with Gasteiger partial charge in [-0.05, 0) is 73.9 Å². The Morgan fingerprint density at radius 2 is 1.77 bits per heavy atom. The van der Waals surface area contributed by atoms with E-state index >= 15 is 0 Å². The van der Waals surface area contributed by atoms with E-state index in [1.165, 1.54) is 29.2 Å². The Balaban J connectivity index is 1.55. The van der Waals surface area contributed by atoms with Gasteiger partial charge >= 0.3 is 6.18 Å². The highest BCUT2D eigenvalue weighted by atomic mass is 19.4. The number of hydrogen-bond donors (Lipinski definition) is 0. The monoisotopic (exact) mass is 540 g/mol. The van der Waals surface area contributed by atoms with Crippen LogP contribution in [-0.4, -0.2) is 29.4 Å². The summed E-state index contributed by atoms with van der Waals surface area (Å²) in [6.07, 6.45) is -4.63. The highest BCUT2D eigenvalue weighted by molar-refractivity contribution is 5.78. The molecule has 0 aliphatic heterocycles. The number of benzene rings is 3. The minimum absolute atomic E-state index is 0.00908. The number of carbonyl (C=O) groups excluding carboxylic acids is 1. The van der Waals surface area contributed by atoms with Crippen LogP contribution in [0.3, 0.4) is 0 Å². The van der Waals surface area contributed by atoms with Crippen LogP contribution in [0, 0.1) is 12.7 Å². The Morgan fingerprint density at radius 1 is 1.03 bits per heavy atom. The maximum absolute atomic E-state index is 14.1. The van der Waals surface area contributed by atoms with Gasteiger partial charge in [0.15, 0.2) is 0 Å². The molecular formula is C30H28F4N2O3. The van der Waals surface area contributed by atoms with Crippen LogP contribution in [0.1, 0.15) is 35.9 Å². The molecule has 204 valence electrons. The van der Waals surface area contributed by atoms with E-state index in [1.807, 2.05) is 30.3 Å². The van der Waals surface area contributed by atoms with E-state index in [1.54, 1.807) is 20.9 Å². The maximum Gasteiger partial charge on any atom is 0.416 e. The molecule has 0 aliphatic carbocycles. The van der Waals surface area contributed by atoms with Crippen molar-refractivity contribution in [2.24, 2.45) is 0 Å². The molecule has 1 heterocycles. The van der Waals surface area contributed by atoms with E-state index in [9.17, 15) is 22.4 Å². The van der Waals surface area contributed by atoms with Crippen molar-refractivity contribution in [3.63, 3.8) is 0 Å². The summed E-state index contributed by atoms with van der Waals surface area (Å²) in [7, 11) is 1.60. The first-order valence-corrected chi connectivity index (χ1v) is 12.4. The zero-order valence-electron chi connectivity index (χ0n) is 21.8. The fourth-order valence-corrected chi connectivity index (χ4v) is 4.25. The van der Waals surface area contributed by atoms with Gasteiger partial charge in [0, 0.05) is 24.6 Å². The molecule has 9 heteroatoms. The lowest BCUT2D eigenvalue weighted by molar-refractivity contribution is -0.137. The first-order valence-electron chi connectivity index (χ1n) is 12.4. The molecule has 0 N–H and O–H groups in total. The van der Waals surface area contributed by atoms with Crippen LogP contribution >= 0.6 is 0 Å². The lowest BCUT2D eigenvalue weighted by Crippen LogP contribution is -2.26. The summed E-state index contributed by atoms with van der Waals surface area (Å²) in [5.41, 5.74) is 1.57. The third-order valence-electron chi connectivity index (χ3n) is 6.29. The quantitative estimate of drug-likeness (QED) is 0.207. The molecule has 0 bridgehead atoms. The van der Waals surface area contributed by atoms with Crippen molar-refractivity contribution in [2.45, 2.75) is 39.4 Å². The molecule has 0 radical (unpaired) electrons. The lowest BCUT2D eigenvalue weighted by Gasteiger charge is -2.19. The number of rotatable bonds is 9. The van der Waals surface area contributed by atoms with Crippen LogP contribution in [0.2, 0.25) is 0 Å². The molecule has 0 spiro atoms. The van der Waals surface area contributed by atoms with Crippen molar-refractivity contribution >= 4 is 5.91 Å². The average Bonchev–Trinajstić information content (AvgIpc) is 3.28. The number of oxazole rings is 1. The molecular weight excluding hydrogens is 512 g/mol. The van der Waals surface area contributed by atoms with E-state index in [-0.39, 0.29) is 30.9 Å². The minimum Gasteiger partial charge on any atom is -0.493 e. The predicted octanol–water partition coefficient (Wildman–Crippen LogP) is 7.46. The normalized spacial score (nSPS) is 11.5. The Morgan fingerprint density at radius 3 is 2.46 bits per heavy atom. The molecule has 0 fully saturated rings. The van der Waals surface area contributed by atoms with Crippen LogP contribution in [0.4, 0.5) is 17.6 Å². The van der Waals surface area contributed by atoms with E-state index in [0.29, 0.717) is 40.8 Å². The summed E-state index contributed by atoms with van der Waals surface area (Å²) in [5.74, 6) is 0.466. The number of alkyl halides is 3. The Kier molecular flexibility index (Phi) is 8.38. The Hall–Kier alpha value is -4.14. The number of hydrogen-bond acceptors (Lipinski definition) is 4. The van der Waals surface area contributed by atoms with E-state index in [0.717, 1.165) is 17.7 Å². The van der Waals surface area contributed by atoms with Crippen LogP contribution < -0.4 is 4.74 Å². The second kappa shape index (κ2) is 11.7. The van der Waals surface area contributed by atoms with Gasteiger partial charge in [-0.15, -0.1) is 0 Å². The fraction of sp³-hybridized carbons (Fsp3) is 0.267. The SMILES string of the molecule is CCOc1ccc(F)cc1-c1ccc(C(F)(F)F)cc1CCC(=O)N(C)Cc1oc(-c2ccccc2)nc1C. The highest BCUT2D eigenvalue weighted by Crippen LogP contribution is 2.38. The molecule has 0 unspecified atom stereocenters. The number of ether oxygens (including phenoxy) is 1. The molecule has 3 aromatic carbocycles. The zero-order chi connectivity index (χ0) is 28.2. The third-order valence-corrected chi connectivity index (χ3v) is 6.29. The van der Waals surface area contributed by atoms with Crippen LogP contribution in [-0.2, 0) is 23.9 Å². The Bertz CT molecular complexity index is 1450. The number of amides is 1. The van der Waals surface area contributed by atoms with Gasteiger partial charge in [0.1, 0.15) is 17.3 Å². The first kappa shape index (κ1) is 27.9. The maximum atomic E-state index is 14.1. The number of aromatic nitrogens is 1. The number of nitrogens with zero attached hydrogens (tertiary/aromatic N) is 2. The highest BCUT2D eigenvalue weighted by Gasteiger charge is 2.31. The summed E-state index contributed by atoms with van der Waals surface area (Å²) in [5, 5.41) is 0. The molecule has 1 aromatic heterocycles. The van der Waals surface area contributed by atoms with Crippen molar-refractivity contribution in [3.05, 3.63) is 95.1 Å². The summed E-state index contributed by atoms with van der Waals surface area (Å²) in [6.45, 7) is 3.99. The molecule has 4 rings (SSSR count). The van der Waals surface area contributed by atoms with Crippen molar-refractivity contribution < 1.29 is 31.5 Å². The van der Waals surface area contributed by atoms with Gasteiger partial charge in [0.25, 0.3) is 0 Å². The second-order valence-corrected chi connectivity index (χ2v) is 9.09. The van der Waals surface area contributed by atoms with Gasteiger partial charge in [-0.3, -0.25) is 4.79 Å². The first-order chi connectivity index (χ1) is 18.6. The standard InChI is InChI=1S/C30H28F4N2O3/c1-4-38-26-14-12-23(31)17-25(26)24-13-11-22(30(32,33)34)16-21(24)10-15-28(37)36(3)18-27-19(2)35-29(39-27)20-8-6-5-7-9-20/h5-9,11-14,16-17H,4,10,15,18H2,1-3H3. The smallest absolute Gasteiger partial charge is 0.416 e. The van der Waals surface area contributed by atoms with Gasteiger partial charge in [-0.25, -0.2) is 9.37 Å². The van der Waals surface area contributed by atoms with E-state index in [2.05, 4.69) is 4.98 Å². The third kappa shape index (κ3) is 6.66. The zero-order valence-corrected chi connectivity index (χ0v) is 21.8. The average molecular weight is 541 g/mol. The van der Waals surface area contributed by atoms with Gasteiger partial charge in [-0.2, -0.15) is 13.2 Å². The van der Waals surface area contributed by atoms with Gasteiger partial charge < -0.3 is 14.1 Å². The van der Waals surface area contributed by atoms with E-state index in [4.69, 9.17) is 9.15 Å². The molecule has 0 saturated carbocycles. The van der Waals surface area contributed by atoms with Gasteiger partial charge in [0.2, 0.25) is 11.8 Å². The van der Waals surface area contributed by atoms with Crippen LogP contribution in [0.25, 0.3) is 22.6 Å².